The van der Waals surface area contributed by atoms with Gasteiger partial charge in [0.25, 0.3) is 0 Å². The van der Waals surface area contributed by atoms with Crippen LogP contribution in [0.25, 0.3) is 0 Å². The Hall–Kier alpha value is -0.770. The summed E-state index contributed by atoms with van der Waals surface area (Å²) in [5, 5.41) is 8.85. The van der Waals surface area contributed by atoms with Gasteiger partial charge in [-0.1, -0.05) is 12.2 Å². The molecule has 0 saturated heterocycles. The van der Waals surface area contributed by atoms with Crippen LogP contribution < -0.4 is 0 Å². The van der Waals surface area contributed by atoms with Crippen molar-refractivity contribution in [2.75, 3.05) is 0 Å². The van der Waals surface area contributed by atoms with Crippen molar-refractivity contribution in [1.29, 1.82) is 5.26 Å². The average Bonchev–Trinajstić information content (AvgIpc) is 2.33. The van der Waals surface area contributed by atoms with Crippen LogP contribution in [0.15, 0.2) is 12.2 Å². The highest BCUT2D eigenvalue weighted by Gasteiger charge is 2.35. The summed E-state index contributed by atoms with van der Waals surface area (Å²) in [4.78, 5) is 0. The fraction of sp³-hybridized carbons (Fsp3) is 0.700. The zero-order valence-corrected chi connectivity index (χ0v) is 7.35. The van der Waals surface area contributed by atoms with Crippen LogP contribution in [0.2, 0.25) is 0 Å². The molecule has 0 aromatic carbocycles. The van der Waals surface area contributed by atoms with Crippen molar-refractivity contribution in [3.63, 3.8) is 0 Å². The molecule has 0 bridgehead atoms. The monoisotopic (exact) mass is 149 g/mol. The SMILES string of the molecule is C=C(C)C1CCC(C)(C#N)C1. The second kappa shape index (κ2) is 2.70. The highest BCUT2D eigenvalue weighted by Crippen LogP contribution is 2.43. The molecule has 0 aromatic rings. The molecule has 60 valence electrons. The summed E-state index contributed by atoms with van der Waals surface area (Å²) in [6.07, 6.45) is 3.21. The van der Waals surface area contributed by atoms with Crippen molar-refractivity contribution >= 4 is 0 Å². The van der Waals surface area contributed by atoms with Gasteiger partial charge in [0.1, 0.15) is 0 Å². The Morgan fingerprint density at radius 2 is 2.36 bits per heavy atom. The quantitative estimate of drug-likeness (QED) is 0.526. The maximum Gasteiger partial charge on any atom is 0.0687 e. The zero-order valence-electron chi connectivity index (χ0n) is 7.35. The van der Waals surface area contributed by atoms with E-state index < -0.39 is 0 Å². The lowest BCUT2D eigenvalue weighted by Gasteiger charge is -2.13. The highest BCUT2D eigenvalue weighted by molar-refractivity contribution is 5.09. The Kier molecular flexibility index (Phi) is 2.04. The number of hydrogen-bond acceptors (Lipinski definition) is 1. The maximum atomic E-state index is 8.85. The van der Waals surface area contributed by atoms with Gasteiger partial charge in [-0.2, -0.15) is 5.26 Å². The number of allylic oxidation sites excluding steroid dienone is 1. The molecule has 0 N–H and O–H groups in total. The van der Waals surface area contributed by atoms with Crippen LogP contribution in [0.3, 0.4) is 0 Å². The lowest BCUT2D eigenvalue weighted by molar-refractivity contribution is 0.445. The highest BCUT2D eigenvalue weighted by atomic mass is 14.4. The number of hydrogen-bond donors (Lipinski definition) is 0. The van der Waals surface area contributed by atoms with Crippen LogP contribution >= 0.6 is 0 Å². The summed E-state index contributed by atoms with van der Waals surface area (Å²) < 4.78 is 0. The molecule has 0 heterocycles. The molecule has 1 fully saturated rings. The normalized spacial score (nSPS) is 36.6. The number of rotatable bonds is 1. The van der Waals surface area contributed by atoms with Crippen LogP contribution in [0, 0.1) is 22.7 Å². The largest absolute Gasteiger partial charge is 0.198 e. The third-order valence-electron chi connectivity index (χ3n) is 2.71. The van der Waals surface area contributed by atoms with Gasteiger partial charge in [0, 0.05) is 0 Å². The first-order valence-corrected chi connectivity index (χ1v) is 4.14. The van der Waals surface area contributed by atoms with Crippen molar-refractivity contribution in [2.24, 2.45) is 11.3 Å². The molecule has 0 radical (unpaired) electrons. The second-order valence-corrected chi connectivity index (χ2v) is 3.96. The van der Waals surface area contributed by atoms with Crippen LogP contribution in [0.4, 0.5) is 0 Å². The number of nitrogens with zero attached hydrogens (tertiary/aromatic N) is 1. The van der Waals surface area contributed by atoms with E-state index in [1.807, 2.05) is 0 Å². The Bertz CT molecular complexity index is 211. The molecule has 2 atom stereocenters. The lowest BCUT2D eigenvalue weighted by atomic mass is 9.88. The van der Waals surface area contributed by atoms with Crippen molar-refractivity contribution < 1.29 is 0 Å². The second-order valence-electron chi connectivity index (χ2n) is 3.96. The summed E-state index contributed by atoms with van der Waals surface area (Å²) in [5.41, 5.74) is 1.17. The van der Waals surface area contributed by atoms with E-state index in [9.17, 15) is 0 Å². The van der Waals surface area contributed by atoms with Gasteiger partial charge in [-0.3, -0.25) is 0 Å². The molecule has 0 spiro atoms. The lowest BCUT2D eigenvalue weighted by Crippen LogP contribution is -2.08. The van der Waals surface area contributed by atoms with E-state index in [1.54, 1.807) is 0 Å². The van der Waals surface area contributed by atoms with Gasteiger partial charge in [0.2, 0.25) is 0 Å². The third-order valence-corrected chi connectivity index (χ3v) is 2.71. The van der Waals surface area contributed by atoms with Gasteiger partial charge in [0.05, 0.1) is 11.5 Å². The Morgan fingerprint density at radius 1 is 1.73 bits per heavy atom. The molecule has 11 heavy (non-hydrogen) atoms. The number of nitriles is 1. The Balaban J connectivity index is 2.62. The fourth-order valence-corrected chi connectivity index (χ4v) is 1.76. The standard InChI is InChI=1S/C10H15N/c1-8(2)9-4-5-10(3,6-9)7-11/h9H,1,4-6H2,2-3H3. The van der Waals surface area contributed by atoms with Crippen molar-refractivity contribution in [3.8, 4) is 6.07 Å². The van der Waals surface area contributed by atoms with E-state index in [-0.39, 0.29) is 5.41 Å². The van der Waals surface area contributed by atoms with E-state index in [2.05, 4.69) is 26.5 Å². The van der Waals surface area contributed by atoms with Gasteiger partial charge in [-0.15, -0.1) is 0 Å². The van der Waals surface area contributed by atoms with E-state index in [0.29, 0.717) is 5.92 Å². The maximum absolute atomic E-state index is 8.85. The molecular formula is C10H15N. The molecule has 2 unspecified atom stereocenters. The summed E-state index contributed by atoms with van der Waals surface area (Å²) >= 11 is 0. The predicted molar refractivity (Wildman–Crippen MR) is 45.9 cm³/mol. The summed E-state index contributed by atoms with van der Waals surface area (Å²) in [6, 6.07) is 2.38. The van der Waals surface area contributed by atoms with E-state index in [1.165, 1.54) is 5.57 Å². The van der Waals surface area contributed by atoms with Gasteiger partial charge in [0.15, 0.2) is 0 Å². The smallest absolute Gasteiger partial charge is 0.0687 e. The third kappa shape index (κ3) is 1.63. The van der Waals surface area contributed by atoms with E-state index in [4.69, 9.17) is 5.26 Å². The zero-order chi connectivity index (χ0) is 8.48. The average molecular weight is 149 g/mol. The first kappa shape index (κ1) is 8.33. The first-order valence-electron chi connectivity index (χ1n) is 4.14. The summed E-state index contributed by atoms with van der Waals surface area (Å²) in [5.74, 6) is 0.597. The Labute approximate surface area is 68.7 Å². The molecule has 1 rings (SSSR count). The van der Waals surface area contributed by atoms with Crippen molar-refractivity contribution in [1.82, 2.24) is 0 Å². The van der Waals surface area contributed by atoms with Crippen LogP contribution in [-0.4, -0.2) is 0 Å². The topological polar surface area (TPSA) is 23.8 Å². The minimum Gasteiger partial charge on any atom is -0.198 e. The van der Waals surface area contributed by atoms with E-state index in [0.717, 1.165) is 19.3 Å². The summed E-state index contributed by atoms with van der Waals surface area (Å²) in [6.45, 7) is 8.04. The molecule has 0 aromatic heterocycles. The Morgan fingerprint density at radius 3 is 2.64 bits per heavy atom. The minimum atomic E-state index is -0.0659. The molecule has 1 aliphatic carbocycles. The molecule has 0 amide bonds. The van der Waals surface area contributed by atoms with Crippen molar-refractivity contribution in [3.05, 3.63) is 12.2 Å². The first-order chi connectivity index (χ1) is 5.07. The van der Waals surface area contributed by atoms with Gasteiger partial charge >= 0.3 is 0 Å². The van der Waals surface area contributed by atoms with Gasteiger partial charge in [-0.25, -0.2) is 0 Å². The molecule has 0 aliphatic heterocycles. The van der Waals surface area contributed by atoms with Crippen LogP contribution in [0.5, 0.6) is 0 Å². The molecule has 1 heteroatoms. The van der Waals surface area contributed by atoms with Gasteiger partial charge < -0.3 is 0 Å². The van der Waals surface area contributed by atoms with Crippen molar-refractivity contribution in [2.45, 2.75) is 33.1 Å². The molecule has 1 saturated carbocycles. The van der Waals surface area contributed by atoms with Crippen LogP contribution in [0.1, 0.15) is 33.1 Å². The molecular weight excluding hydrogens is 134 g/mol. The predicted octanol–water partition coefficient (Wildman–Crippen LogP) is 2.89. The fourth-order valence-electron chi connectivity index (χ4n) is 1.76. The van der Waals surface area contributed by atoms with E-state index >= 15 is 0 Å². The molecule has 1 aliphatic rings. The summed E-state index contributed by atoms with van der Waals surface area (Å²) in [7, 11) is 0. The minimum absolute atomic E-state index is 0.0659. The van der Waals surface area contributed by atoms with Crippen LogP contribution in [-0.2, 0) is 0 Å². The molecule has 1 nitrogen and oxygen atoms in total. The van der Waals surface area contributed by atoms with Gasteiger partial charge in [-0.05, 0) is 39.0 Å².